The van der Waals surface area contributed by atoms with Gasteiger partial charge in [-0.2, -0.15) is 9.36 Å². The van der Waals surface area contributed by atoms with Gasteiger partial charge in [-0.25, -0.2) is 15.2 Å². The molecule has 0 spiro atoms. The van der Waals surface area contributed by atoms with Gasteiger partial charge in [0.1, 0.15) is 0 Å². The molecule has 36 heavy (non-hydrogen) atoms. The van der Waals surface area contributed by atoms with Crippen molar-refractivity contribution in [2.24, 2.45) is 11.6 Å². The van der Waals surface area contributed by atoms with Crippen molar-refractivity contribution in [3.8, 4) is 11.4 Å². The summed E-state index contributed by atoms with van der Waals surface area (Å²) in [5.74, 6) is 4.41. The van der Waals surface area contributed by atoms with E-state index in [1.54, 1.807) is 0 Å². The number of hydrogen-bond acceptors (Lipinski definition) is 10. The first-order valence-electron chi connectivity index (χ1n) is 11.0. The molecule has 13 heteroatoms. The third kappa shape index (κ3) is 4.25. The number of carbonyl (C=O) groups is 2. The average molecular weight is 508 g/mol. The van der Waals surface area contributed by atoms with E-state index in [4.69, 9.17) is 11.6 Å². The SMILES string of the molecule is N/C=C\N(N)c1ncc(F)c2c(C(=O)C(=O)N3CCN(c4nc(-c5ccccc5)ns4)CC3)c[nH]c12. The van der Waals surface area contributed by atoms with Gasteiger partial charge < -0.3 is 20.5 Å². The van der Waals surface area contributed by atoms with E-state index in [0.29, 0.717) is 32.0 Å². The van der Waals surface area contributed by atoms with Gasteiger partial charge in [0.15, 0.2) is 17.5 Å². The zero-order valence-corrected chi connectivity index (χ0v) is 19.8. The number of rotatable bonds is 6. The molecule has 1 fully saturated rings. The largest absolute Gasteiger partial charge is 0.403 e. The lowest BCUT2D eigenvalue weighted by atomic mass is 10.1. The Kier molecular flexibility index (Phi) is 6.31. The van der Waals surface area contributed by atoms with Crippen molar-refractivity contribution >= 4 is 45.1 Å². The van der Waals surface area contributed by atoms with Gasteiger partial charge >= 0.3 is 0 Å². The fourth-order valence-electron chi connectivity index (χ4n) is 4.04. The summed E-state index contributed by atoms with van der Waals surface area (Å²) in [6.07, 6.45) is 4.76. The fraction of sp³-hybridized carbons (Fsp3) is 0.174. The number of ketones is 1. The van der Waals surface area contributed by atoms with Crippen LogP contribution in [-0.2, 0) is 4.79 Å². The van der Waals surface area contributed by atoms with Crippen LogP contribution in [0.3, 0.4) is 0 Å². The summed E-state index contributed by atoms with van der Waals surface area (Å²) >= 11 is 1.29. The number of amides is 1. The molecule has 1 saturated heterocycles. The monoisotopic (exact) mass is 507 g/mol. The number of nitrogens with one attached hydrogen (secondary N) is 1. The molecular weight excluding hydrogens is 485 g/mol. The summed E-state index contributed by atoms with van der Waals surface area (Å²) in [7, 11) is 0. The van der Waals surface area contributed by atoms with Gasteiger partial charge in [-0.05, 0) is 0 Å². The lowest BCUT2D eigenvalue weighted by Gasteiger charge is -2.33. The lowest BCUT2D eigenvalue weighted by Crippen LogP contribution is -2.50. The number of piperazine rings is 1. The molecule has 4 heterocycles. The van der Waals surface area contributed by atoms with Crippen molar-refractivity contribution in [2.75, 3.05) is 36.1 Å². The number of pyridine rings is 1. The first kappa shape index (κ1) is 23.4. The fourth-order valence-corrected chi connectivity index (χ4v) is 4.78. The maximum Gasteiger partial charge on any atom is 0.295 e. The van der Waals surface area contributed by atoms with Crippen LogP contribution in [0.1, 0.15) is 10.4 Å². The number of nitrogens with two attached hydrogens (primary N) is 2. The minimum Gasteiger partial charge on any atom is -0.403 e. The van der Waals surface area contributed by atoms with Gasteiger partial charge in [0.25, 0.3) is 11.7 Å². The van der Waals surface area contributed by atoms with E-state index in [2.05, 4.69) is 19.3 Å². The molecule has 0 unspecified atom stereocenters. The maximum absolute atomic E-state index is 14.7. The maximum atomic E-state index is 14.7. The standard InChI is InChI=1S/C23H22FN9O2S/c24-16-13-28-21(33(26)7-6-25)18-17(16)15(12-27-18)19(34)22(35)31-8-10-32(11-9-31)23-29-20(30-36-23)14-4-2-1-3-5-14/h1-7,12-13,27H,8-11,25-26H2/b7-6-. The van der Waals surface area contributed by atoms with Crippen LogP contribution in [0.2, 0.25) is 0 Å². The zero-order valence-electron chi connectivity index (χ0n) is 19.0. The summed E-state index contributed by atoms with van der Waals surface area (Å²) < 4.78 is 19.1. The summed E-state index contributed by atoms with van der Waals surface area (Å²) in [6.45, 7) is 1.62. The summed E-state index contributed by atoms with van der Waals surface area (Å²) in [5, 5.41) is 1.79. The summed E-state index contributed by atoms with van der Waals surface area (Å²) in [5.41, 5.74) is 6.39. The second-order valence-corrected chi connectivity index (χ2v) is 8.74. The van der Waals surface area contributed by atoms with Gasteiger partial charge in [-0.15, -0.1) is 0 Å². The Bertz CT molecular complexity index is 1440. The number of aromatic nitrogens is 4. The van der Waals surface area contributed by atoms with Crippen molar-refractivity contribution in [3.63, 3.8) is 0 Å². The van der Waals surface area contributed by atoms with E-state index in [1.807, 2.05) is 35.2 Å². The molecule has 0 aliphatic carbocycles. The van der Waals surface area contributed by atoms with Crippen LogP contribution in [0.4, 0.5) is 15.3 Å². The Morgan fingerprint density at radius 1 is 1.17 bits per heavy atom. The van der Waals surface area contributed by atoms with Gasteiger partial charge in [-0.1, -0.05) is 30.3 Å². The molecule has 1 aromatic carbocycles. The van der Waals surface area contributed by atoms with Crippen LogP contribution in [-0.4, -0.2) is 62.1 Å². The number of Topliss-reactive ketones (excluding diaryl/α,β-unsaturated/α-hetero) is 1. The van der Waals surface area contributed by atoms with E-state index in [-0.39, 0.29) is 22.3 Å². The van der Waals surface area contributed by atoms with Crippen LogP contribution in [0, 0.1) is 5.82 Å². The second-order valence-electron chi connectivity index (χ2n) is 8.01. The Balaban J connectivity index is 1.30. The smallest absolute Gasteiger partial charge is 0.295 e. The van der Waals surface area contributed by atoms with Crippen LogP contribution in [0.5, 0.6) is 0 Å². The van der Waals surface area contributed by atoms with Crippen LogP contribution in [0.15, 0.2) is 55.1 Å². The minimum atomic E-state index is -0.814. The molecule has 4 aromatic rings. The van der Waals surface area contributed by atoms with Gasteiger partial charge in [0.2, 0.25) is 5.13 Å². The number of benzene rings is 1. The molecule has 3 aromatic heterocycles. The normalized spacial score (nSPS) is 14.1. The van der Waals surface area contributed by atoms with E-state index in [1.165, 1.54) is 35.0 Å². The van der Waals surface area contributed by atoms with Crippen molar-refractivity contribution in [3.05, 3.63) is 66.5 Å². The van der Waals surface area contributed by atoms with Crippen LogP contribution in [0.25, 0.3) is 22.3 Å². The molecule has 0 radical (unpaired) electrons. The molecule has 1 amide bonds. The van der Waals surface area contributed by atoms with Crippen LogP contribution >= 0.6 is 11.5 Å². The predicted molar refractivity (Wildman–Crippen MR) is 135 cm³/mol. The van der Waals surface area contributed by atoms with E-state index in [0.717, 1.165) is 21.9 Å². The Hall–Kier alpha value is -4.36. The number of hydrazine groups is 1. The van der Waals surface area contributed by atoms with E-state index in [9.17, 15) is 14.0 Å². The number of nitrogens with zero attached hydrogens (tertiary/aromatic N) is 6. The first-order chi connectivity index (χ1) is 17.5. The van der Waals surface area contributed by atoms with Crippen LogP contribution < -0.4 is 21.5 Å². The van der Waals surface area contributed by atoms with E-state index < -0.39 is 17.5 Å². The number of hydrogen-bond donors (Lipinski definition) is 3. The topological polar surface area (TPSA) is 150 Å². The first-order valence-corrected chi connectivity index (χ1v) is 11.8. The highest BCUT2D eigenvalue weighted by molar-refractivity contribution is 7.09. The quantitative estimate of drug-likeness (QED) is 0.154. The number of aromatic amines is 1. The lowest BCUT2D eigenvalue weighted by molar-refractivity contribution is -0.126. The molecule has 5 N–H and O–H groups in total. The molecule has 0 bridgehead atoms. The Morgan fingerprint density at radius 3 is 2.64 bits per heavy atom. The van der Waals surface area contributed by atoms with Crippen molar-refractivity contribution < 1.29 is 14.0 Å². The second kappa shape index (κ2) is 9.71. The number of carbonyl (C=O) groups excluding carboxylic acids is 2. The minimum absolute atomic E-state index is 0.0554. The van der Waals surface area contributed by atoms with Gasteiger partial charge in [-0.3, -0.25) is 14.6 Å². The third-order valence-corrected chi connectivity index (χ3v) is 6.63. The molecule has 0 saturated carbocycles. The van der Waals surface area contributed by atoms with Crippen molar-refractivity contribution in [1.82, 2.24) is 24.2 Å². The van der Waals surface area contributed by atoms with Gasteiger partial charge in [0, 0.05) is 61.9 Å². The summed E-state index contributed by atoms with van der Waals surface area (Å²) in [4.78, 5) is 41.0. The Morgan fingerprint density at radius 2 is 1.92 bits per heavy atom. The number of anilines is 2. The number of fused-ring (bicyclic) bond motifs is 1. The molecule has 184 valence electrons. The zero-order chi connectivity index (χ0) is 25.2. The highest BCUT2D eigenvalue weighted by Crippen LogP contribution is 2.29. The highest BCUT2D eigenvalue weighted by Gasteiger charge is 2.31. The molecule has 11 nitrogen and oxygen atoms in total. The highest BCUT2D eigenvalue weighted by atomic mass is 32.1. The number of H-pyrrole nitrogens is 1. The Labute approximate surface area is 209 Å². The number of halogens is 1. The van der Waals surface area contributed by atoms with Crippen molar-refractivity contribution in [2.45, 2.75) is 0 Å². The molecule has 1 aliphatic rings. The molecule has 0 atom stereocenters. The third-order valence-electron chi connectivity index (χ3n) is 5.86. The summed E-state index contributed by atoms with van der Waals surface area (Å²) in [6, 6.07) is 9.68. The molecular formula is C23H22FN9O2S. The molecule has 5 rings (SSSR count). The van der Waals surface area contributed by atoms with Gasteiger partial charge in [0.05, 0.1) is 22.7 Å². The van der Waals surface area contributed by atoms with E-state index >= 15 is 0 Å². The molecule has 1 aliphatic heterocycles. The predicted octanol–water partition coefficient (Wildman–Crippen LogP) is 1.86. The van der Waals surface area contributed by atoms with Crippen molar-refractivity contribution in [1.29, 1.82) is 0 Å². The average Bonchev–Trinajstić information content (AvgIpc) is 3.58.